The van der Waals surface area contributed by atoms with Gasteiger partial charge in [0.1, 0.15) is 37.1 Å². The summed E-state index contributed by atoms with van der Waals surface area (Å²) >= 11 is 0. The summed E-state index contributed by atoms with van der Waals surface area (Å²) in [6.07, 6.45) is 0.550. The van der Waals surface area contributed by atoms with E-state index in [1.54, 1.807) is 0 Å². The standard InChI is InChI=1S/C43H46O5Si/c1-31-24-38(45-29-33-18-12-8-13-19-33)36-27-41(48-49(5,6)43(2,3)4)42(47-39(36)25-31)35-22-23-37(44-28-32-16-10-7-11-17-32)40(26-35)46-30-34-20-14-9-15-21-34/h7-26H,27-30H2,1-6H3. The zero-order valence-electron chi connectivity index (χ0n) is 29.4. The van der Waals surface area contributed by atoms with Crippen LogP contribution in [0.25, 0.3) is 5.76 Å². The van der Waals surface area contributed by atoms with Gasteiger partial charge in [-0.05, 0) is 77.6 Å². The largest absolute Gasteiger partial charge is 0.544 e. The van der Waals surface area contributed by atoms with Crippen LogP contribution in [0.2, 0.25) is 18.1 Å². The van der Waals surface area contributed by atoms with E-state index in [4.69, 9.17) is 23.4 Å². The summed E-state index contributed by atoms with van der Waals surface area (Å²) < 4.78 is 33.2. The molecule has 6 heteroatoms. The number of hydrogen-bond acceptors (Lipinski definition) is 5. The topological polar surface area (TPSA) is 46.2 Å². The van der Waals surface area contributed by atoms with Gasteiger partial charge in [-0.3, -0.25) is 0 Å². The molecule has 1 aliphatic rings. The van der Waals surface area contributed by atoms with Crippen molar-refractivity contribution in [1.82, 2.24) is 0 Å². The van der Waals surface area contributed by atoms with Crippen LogP contribution in [0.15, 0.2) is 127 Å². The Labute approximate surface area is 292 Å². The zero-order valence-corrected chi connectivity index (χ0v) is 30.4. The number of hydrogen-bond donors (Lipinski definition) is 0. The molecular weight excluding hydrogens is 625 g/mol. The highest BCUT2D eigenvalue weighted by Gasteiger charge is 2.41. The second-order valence-electron chi connectivity index (χ2n) is 14.1. The van der Waals surface area contributed by atoms with Gasteiger partial charge in [0.2, 0.25) is 8.32 Å². The fraction of sp³-hybridized carbons (Fsp3) is 0.256. The van der Waals surface area contributed by atoms with Crippen LogP contribution >= 0.6 is 0 Å². The summed E-state index contributed by atoms with van der Waals surface area (Å²) in [6, 6.07) is 40.7. The minimum atomic E-state index is -2.26. The van der Waals surface area contributed by atoms with Gasteiger partial charge in [-0.1, -0.05) is 112 Å². The van der Waals surface area contributed by atoms with Crippen LogP contribution in [0.1, 0.15) is 54.2 Å². The molecule has 0 amide bonds. The molecule has 5 aromatic carbocycles. The van der Waals surface area contributed by atoms with Gasteiger partial charge in [-0.25, -0.2) is 0 Å². The first-order valence-electron chi connectivity index (χ1n) is 16.9. The lowest BCUT2D eigenvalue weighted by Crippen LogP contribution is -2.41. The molecule has 0 saturated heterocycles. The summed E-state index contributed by atoms with van der Waals surface area (Å²) in [5, 5.41) is -0.00953. The average molecular weight is 671 g/mol. The van der Waals surface area contributed by atoms with Crippen LogP contribution < -0.4 is 18.9 Å². The molecule has 0 saturated carbocycles. The molecule has 1 heterocycles. The molecular formula is C43H46O5Si. The Bertz CT molecular complexity index is 1890. The summed E-state index contributed by atoms with van der Waals surface area (Å²) in [5.74, 6) is 4.39. The van der Waals surface area contributed by atoms with Crippen molar-refractivity contribution in [3.63, 3.8) is 0 Å². The molecule has 0 spiro atoms. The minimum Gasteiger partial charge on any atom is -0.544 e. The Kier molecular flexibility index (Phi) is 10.2. The molecule has 0 aromatic heterocycles. The van der Waals surface area contributed by atoms with Crippen molar-refractivity contribution in [2.24, 2.45) is 0 Å². The Hall–Kier alpha value is -4.94. The van der Waals surface area contributed by atoms with Gasteiger partial charge in [0.25, 0.3) is 0 Å². The highest BCUT2D eigenvalue weighted by atomic mass is 28.4. The second-order valence-corrected chi connectivity index (χ2v) is 18.8. The number of allylic oxidation sites excluding steroid dienone is 1. The van der Waals surface area contributed by atoms with Crippen molar-refractivity contribution in [3.05, 3.63) is 160 Å². The summed E-state index contributed by atoms with van der Waals surface area (Å²) in [6.45, 7) is 14.7. The third-order valence-electron chi connectivity index (χ3n) is 9.22. The van der Waals surface area contributed by atoms with E-state index in [2.05, 4.69) is 89.3 Å². The first kappa shape index (κ1) is 33.9. The molecule has 0 fully saturated rings. The van der Waals surface area contributed by atoms with Crippen molar-refractivity contribution in [2.75, 3.05) is 0 Å². The molecule has 0 unspecified atom stereocenters. The molecule has 0 aliphatic carbocycles. The lowest BCUT2D eigenvalue weighted by molar-refractivity contribution is 0.255. The zero-order chi connectivity index (χ0) is 34.4. The van der Waals surface area contributed by atoms with E-state index in [0.29, 0.717) is 43.5 Å². The maximum absolute atomic E-state index is 7.09. The maximum atomic E-state index is 7.09. The Morgan fingerprint density at radius 1 is 0.612 bits per heavy atom. The van der Waals surface area contributed by atoms with Crippen molar-refractivity contribution < 1.29 is 23.4 Å². The Balaban J connectivity index is 1.38. The normalized spacial score (nSPS) is 12.9. The van der Waals surface area contributed by atoms with Crippen LogP contribution in [0.3, 0.4) is 0 Å². The second kappa shape index (κ2) is 14.7. The molecule has 5 nitrogen and oxygen atoms in total. The van der Waals surface area contributed by atoms with Crippen molar-refractivity contribution in [2.45, 2.75) is 72.1 Å². The Morgan fingerprint density at radius 3 is 1.65 bits per heavy atom. The summed E-state index contributed by atoms with van der Waals surface area (Å²) in [5.41, 5.74) is 6.18. The predicted octanol–water partition coefficient (Wildman–Crippen LogP) is 11.1. The highest BCUT2D eigenvalue weighted by molar-refractivity contribution is 6.74. The first-order valence-corrected chi connectivity index (χ1v) is 19.8. The van der Waals surface area contributed by atoms with E-state index in [1.807, 2.05) is 72.8 Å². The molecule has 0 bridgehead atoms. The van der Waals surface area contributed by atoms with Gasteiger partial charge < -0.3 is 23.4 Å². The number of ether oxygens (including phenoxy) is 4. The van der Waals surface area contributed by atoms with Gasteiger partial charge >= 0.3 is 0 Å². The SMILES string of the molecule is Cc1cc(OCc2ccccc2)c2c(c1)OC(c1ccc(OCc3ccccc3)c(OCc3ccccc3)c1)=C(O[Si](C)(C)C(C)(C)C)C2. The molecule has 252 valence electrons. The predicted molar refractivity (Wildman–Crippen MR) is 199 cm³/mol. The monoisotopic (exact) mass is 670 g/mol. The Morgan fingerprint density at radius 2 is 1.12 bits per heavy atom. The molecule has 5 aromatic rings. The van der Waals surface area contributed by atoms with Crippen molar-refractivity contribution in [3.8, 4) is 23.0 Å². The van der Waals surface area contributed by atoms with Crippen LogP contribution in [-0.2, 0) is 30.7 Å². The van der Waals surface area contributed by atoms with E-state index in [9.17, 15) is 0 Å². The summed E-state index contributed by atoms with van der Waals surface area (Å²) in [7, 11) is -2.26. The van der Waals surface area contributed by atoms with E-state index >= 15 is 0 Å². The molecule has 6 rings (SSSR count). The van der Waals surface area contributed by atoms with E-state index in [0.717, 1.165) is 50.6 Å². The van der Waals surface area contributed by atoms with Gasteiger partial charge in [-0.15, -0.1) is 0 Å². The third-order valence-corrected chi connectivity index (χ3v) is 13.6. The third kappa shape index (κ3) is 8.38. The maximum Gasteiger partial charge on any atom is 0.250 e. The quantitative estimate of drug-likeness (QED) is 0.124. The fourth-order valence-electron chi connectivity index (χ4n) is 5.40. The number of fused-ring (bicyclic) bond motifs is 1. The molecule has 1 aliphatic heterocycles. The van der Waals surface area contributed by atoms with Crippen LogP contribution in [-0.4, -0.2) is 8.32 Å². The van der Waals surface area contributed by atoms with E-state index < -0.39 is 8.32 Å². The molecule has 0 radical (unpaired) electrons. The lowest BCUT2D eigenvalue weighted by atomic mass is 10.0. The van der Waals surface area contributed by atoms with Gasteiger partial charge in [0, 0.05) is 17.5 Å². The first-order chi connectivity index (χ1) is 23.6. The van der Waals surface area contributed by atoms with Gasteiger partial charge in [0.15, 0.2) is 17.3 Å². The minimum absolute atomic E-state index is 0.00953. The smallest absolute Gasteiger partial charge is 0.250 e. The van der Waals surface area contributed by atoms with Crippen LogP contribution in [0.4, 0.5) is 0 Å². The highest BCUT2D eigenvalue weighted by Crippen LogP contribution is 2.46. The number of benzene rings is 5. The van der Waals surface area contributed by atoms with Crippen molar-refractivity contribution >= 4 is 14.1 Å². The van der Waals surface area contributed by atoms with Gasteiger partial charge in [-0.2, -0.15) is 0 Å². The van der Waals surface area contributed by atoms with E-state index in [1.165, 1.54) is 0 Å². The summed E-state index contributed by atoms with van der Waals surface area (Å²) in [4.78, 5) is 0. The molecule has 49 heavy (non-hydrogen) atoms. The lowest BCUT2D eigenvalue weighted by Gasteiger charge is -2.39. The average Bonchev–Trinajstić information content (AvgIpc) is 3.09. The number of aryl methyl sites for hydroxylation is 1. The van der Waals surface area contributed by atoms with Crippen LogP contribution in [0, 0.1) is 6.92 Å². The molecule has 0 atom stereocenters. The fourth-order valence-corrected chi connectivity index (χ4v) is 6.49. The number of rotatable bonds is 12. The van der Waals surface area contributed by atoms with Crippen LogP contribution in [0.5, 0.6) is 23.0 Å². The molecule has 0 N–H and O–H groups in total. The van der Waals surface area contributed by atoms with E-state index in [-0.39, 0.29) is 5.04 Å². The van der Waals surface area contributed by atoms with Gasteiger partial charge in [0.05, 0.1) is 0 Å². The van der Waals surface area contributed by atoms with Crippen molar-refractivity contribution in [1.29, 1.82) is 0 Å².